The van der Waals surface area contributed by atoms with Crippen LogP contribution in [-0.2, 0) is 30.7 Å². The lowest BCUT2D eigenvalue weighted by molar-refractivity contribution is -0.384. The quantitative estimate of drug-likeness (QED) is 0.283. The van der Waals surface area contributed by atoms with Crippen LogP contribution in [0.2, 0.25) is 0 Å². The summed E-state index contributed by atoms with van der Waals surface area (Å²) in [6.45, 7) is 3.19. The van der Waals surface area contributed by atoms with E-state index in [1.165, 1.54) is 12.1 Å². The highest BCUT2D eigenvalue weighted by molar-refractivity contribution is 5.83. The summed E-state index contributed by atoms with van der Waals surface area (Å²) in [4.78, 5) is 40.5. The first kappa shape index (κ1) is 24.3. The van der Waals surface area contributed by atoms with Gasteiger partial charge in [0, 0.05) is 65.7 Å². The van der Waals surface area contributed by atoms with E-state index in [-0.39, 0.29) is 23.1 Å². The number of H-pyrrole nitrogens is 1. The number of anilines is 1. The van der Waals surface area contributed by atoms with Crippen molar-refractivity contribution in [2.45, 2.75) is 32.9 Å². The molecule has 0 bridgehead atoms. The highest BCUT2D eigenvalue weighted by Gasteiger charge is 2.29. The second kappa shape index (κ2) is 10.3. The van der Waals surface area contributed by atoms with E-state index >= 15 is 0 Å². The van der Waals surface area contributed by atoms with Crippen LogP contribution in [0.25, 0.3) is 10.9 Å². The normalized spacial score (nSPS) is 17.3. The molecule has 2 aromatic heterocycles. The molecule has 4 aromatic rings. The van der Waals surface area contributed by atoms with Gasteiger partial charge < -0.3 is 20.2 Å². The summed E-state index contributed by atoms with van der Waals surface area (Å²) in [6, 6.07) is 17.8. The van der Waals surface area contributed by atoms with Crippen molar-refractivity contribution >= 4 is 28.2 Å². The monoisotopic (exact) mass is 499 g/mol. The van der Waals surface area contributed by atoms with Crippen LogP contribution >= 0.6 is 0 Å². The highest BCUT2D eigenvalue weighted by Crippen LogP contribution is 2.29. The molecule has 1 amide bonds. The Hall–Kier alpha value is -4.40. The van der Waals surface area contributed by atoms with Crippen LogP contribution in [0.1, 0.15) is 23.7 Å². The Morgan fingerprint density at radius 3 is 2.84 bits per heavy atom. The number of amides is 1. The fraction of sp³-hybridized carbons (Fsp3) is 0.286. The second-order valence-electron chi connectivity index (χ2n) is 9.61. The van der Waals surface area contributed by atoms with Crippen LogP contribution in [0.4, 0.5) is 11.4 Å². The van der Waals surface area contributed by atoms with Gasteiger partial charge in [-0.05, 0) is 48.1 Å². The predicted octanol–water partition coefficient (Wildman–Crippen LogP) is 4.02. The Labute approximate surface area is 213 Å². The molecule has 2 aromatic carbocycles. The van der Waals surface area contributed by atoms with Crippen LogP contribution in [-0.4, -0.2) is 26.9 Å². The summed E-state index contributed by atoms with van der Waals surface area (Å²) >= 11 is 0. The molecule has 3 N–H and O–H groups in total. The topological polar surface area (TPSA) is 122 Å². The standard InChI is InChI=1S/C28H29N5O4/c1-18-17-32-22(5-4-8-27(32)34)16-31-25-10-9-21(33(36)37)13-20(25)14-24(18)28(35)29-12-11-19-15-30-26-7-3-2-6-23(19)26/h2-10,13,15,18,24,30-31H,11-12,14,16-17H2,1H3,(H,29,35)/t18-,24?/m0/s1. The summed E-state index contributed by atoms with van der Waals surface area (Å²) in [5, 5.41) is 19.0. The maximum atomic E-state index is 13.5. The van der Waals surface area contributed by atoms with Gasteiger partial charge in [0.05, 0.1) is 11.5 Å². The molecular formula is C28H29N5O4. The fourth-order valence-corrected chi connectivity index (χ4v) is 5.14. The summed E-state index contributed by atoms with van der Waals surface area (Å²) in [6.07, 6.45) is 2.96. The number of rotatable bonds is 5. The number of aromatic amines is 1. The number of nitrogens with one attached hydrogen (secondary N) is 3. The minimum Gasteiger partial charge on any atom is -0.379 e. The van der Waals surface area contributed by atoms with Gasteiger partial charge in [-0.2, -0.15) is 0 Å². The number of hydrogen-bond donors (Lipinski definition) is 3. The van der Waals surface area contributed by atoms with Crippen molar-refractivity contribution in [2.24, 2.45) is 11.8 Å². The predicted molar refractivity (Wildman–Crippen MR) is 142 cm³/mol. The van der Waals surface area contributed by atoms with E-state index in [4.69, 9.17) is 0 Å². The zero-order valence-electron chi connectivity index (χ0n) is 20.6. The molecule has 3 heterocycles. The average Bonchev–Trinajstić information content (AvgIpc) is 3.30. The Morgan fingerprint density at radius 1 is 1.16 bits per heavy atom. The van der Waals surface area contributed by atoms with E-state index in [1.54, 1.807) is 22.8 Å². The minimum absolute atomic E-state index is 0.0135. The van der Waals surface area contributed by atoms with Gasteiger partial charge in [-0.15, -0.1) is 0 Å². The van der Waals surface area contributed by atoms with Crippen molar-refractivity contribution in [3.8, 4) is 0 Å². The molecule has 9 nitrogen and oxygen atoms in total. The lowest BCUT2D eigenvalue weighted by Crippen LogP contribution is -2.39. The van der Waals surface area contributed by atoms with Gasteiger partial charge in [0.15, 0.2) is 0 Å². The van der Waals surface area contributed by atoms with Crippen LogP contribution in [0.15, 0.2) is 71.7 Å². The van der Waals surface area contributed by atoms with Crippen molar-refractivity contribution in [3.05, 3.63) is 104 Å². The van der Waals surface area contributed by atoms with E-state index in [2.05, 4.69) is 21.7 Å². The number of nitro groups is 1. The third-order valence-electron chi connectivity index (χ3n) is 7.20. The smallest absolute Gasteiger partial charge is 0.269 e. The molecule has 5 rings (SSSR count). The first-order chi connectivity index (χ1) is 17.9. The van der Waals surface area contributed by atoms with Gasteiger partial charge in [-0.25, -0.2) is 0 Å². The number of non-ortho nitro benzene ring substituents is 1. The molecule has 0 saturated heterocycles. The van der Waals surface area contributed by atoms with E-state index in [1.807, 2.05) is 37.4 Å². The third-order valence-corrected chi connectivity index (χ3v) is 7.20. The van der Waals surface area contributed by atoms with Gasteiger partial charge in [0.2, 0.25) is 5.91 Å². The van der Waals surface area contributed by atoms with Crippen LogP contribution in [0, 0.1) is 22.0 Å². The van der Waals surface area contributed by atoms with Crippen molar-refractivity contribution < 1.29 is 9.72 Å². The first-order valence-electron chi connectivity index (χ1n) is 12.4. The summed E-state index contributed by atoms with van der Waals surface area (Å²) in [5.41, 5.74) is 4.28. The molecule has 1 aliphatic rings. The van der Waals surface area contributed by atoms with E-state index in [0.29, 0.717) is 38.0 Å². The average molecular weight is 500 g/mol. The van der Waals surface area contributed by atoms with Gasteiger partial charge in [0.25, 0.3) is 11.2 Å². The summed E-state index contributed by atoms with van der Waals surface area (Å²) in [5.74, 6) is -0.795. The van der Waals surface area contributed by atoms with Crippen LogP contribution in [0.3, 0.4) is 0 Å². The Morgan fingerprint density at radius 2 is 2.00 bits per heavy atom. The number of nitro benzene ring substituents is 1. The third kappa shape index (κ3) is 5.11. The molecule has 0 radical (unpaired) electrons. The number of carbonyl (C=O) groups excluding carboxylic acids is 1. The Kier molecular flexibility index (Phi) is 6.76. The van der Waals surface area contributed by atoms with Crippen molar-refractivity contribution in [1.29, 1.82) is 0 Å². The molecule has 0 saturated carbocycles. The van der Waals surface area contributed by atoms with Crippen LogP contribution in [0.5, 0.6) is 0 Å². The lowest BCUT2D eigenvalue weighted by atomic mass is 9.85. The second-order valence-corrected chi connectivity index (χ2v) is 9.61. The van der Waals surface area contributed by atoms with E-state index < -0.39 is 10.8 Å². The van der Waals surface area contributed by atoms with Crippen molar-refractivity contribution in [2.75, 3.05) is 11.9 Å². The molecule has 0 fully saturated rings. The molecule has 190 valence electrons. The number of aromatic nitrogens is 2. The Balaban J connectivity index is 1.42. The summed E-state index contributed by atoms with van der Waals surface area (Å²) in [7, 11) is 0. The maximum Gasteiger partial charge on any atom is 0.269 e. The number of benzene rings is 2. The number of hydrogen-bond acceptors (Lipinski definition) is 5. The fourth-order valence-electron chi connectivity index (χ4n) is 5.14. The molecule has 2 atom stereocenters. The van der Waals surface area contributed by atoms with Gasteiger partial charge in [0.1, 0.15) is 0 Å². The zero-order valence-corrected chi connectivity index (χ0v) is 20.6. The highest BCUT2D eigenvalue weighted by atomic mass is 16.6. The molecule has 37 heavy (non-hydrogen) atoms. The zero-order chi connectivity index (χ0) is 25.9. The first-order valence-corrected chi connectivity index (χ1v) is 12.4. The molecule has 9 heteroatoms. The largest absolute Gasteiger partial charge is 0.379 e. The maximum absolute atomic E-state index is 13.5. The lowest BCUT2D eigenvalue weighted by Gasteiger charge is -2.28. The molecule has 0 spiro atoms. The van der Waals surface area contributed by atoms with Gasteiger partial charge in [-0.3, -0.25) is 19.7 Å². The Bertz CT molecular complexity index is 1520. The number of fused-ring (bicyclic) bond motifs is 3. The van der Waals surface area contributed by atoms with Crippen molar-refractivity contribution in [1.82, 2.24) is 14.9 Å². The van der Waals surface area contributed by atoms with E-state index in [9.17, 15) is 19.7 Å². The number of para-hydroxylation sites is 1. The molecule has 0 aliphatic carbocycles. The summed E-state index contributed by atoms with van der Waals surface area (Å²) < 4.78 is 1.71. The molecular weight excluding hydrogens is 470 g/mol. The van der Waals surface area contributed by atoms with Gasteiger partial charge >= 0.3 is 0 Å². The number of nitrogens with zero attached hydrogens (tertiary/aromatic N) is 2. The van der Waals surface area contributed by atoms with Gasteiger partial charge in [-0.1, -0.05) is 31.2 Å². The van der Waals surface area contributed by atoms with Crippen LogP contribution < -0.4 is 16.2 Å². The number of carbonyl (C=O) groups is 1. The van der Waals surface area contributed by atoms with Crippen molar-refractivity contribution in [3.63, 3.8) is 0 Å². The molecule has 1 aliphatic heterocycles. The minimum atomic E-state index is -0.483. The SMILES string of the molecule is C[C@H]1Cn2c(cccc2=O)CNc2ccc([N+](=O)[O-])cc2CC1C(=O)NCCc1c[nH]c2ccccc12. The molecule has 1 unspecified atom stereocenters. The van der Waals surface area contributed by atoms with E-state index in [0.717, 1.165) is 27.8 Å². The number of pyridine rings is 1.